The Morgan fingerprint density at radius 1 is 0.920 bits per heavy atom. The van der Waals surface area contributed by atoms with E-state index in [2.05, 4.69) is 6.92 Å². The molecule has 0 aliphatic heterocycles. The second-order valence-electron chi connectivity index (χ2n) is 7.15. The number of ketones is 1. The fourth-order valence-electron chi connectivity index (χ4n) is 3.03. The van der Waals surface area contributed by atoms with Gasteiger partial charge in [0.05, 0.1) is 13.5 Å². The highest BCUT2D eigenvalue weighted by Gasteiger charge is 2.33. The number of amides is 1. The Morgan fingerprint density at radius 2 is 1.44 bits per heavy atom. The van der Waals surface area contributed by atoms with Gasteiger partial charge in [0.2, 0.25) is 5.91 Å². The molecule has 0 bridgehead atoms. The van der Waals surface area contributed by atoms with Crippen LogP contribution in [-0.4, -0.2) is 42.3 Å². The van der Waals surface area contributed by atoms with E-state index < -0.39 is 12.0 Å². The predicted octanol–water partition coefficient (Wildman–Crippen LogP) is 4.13. The van der Waals surface area contributed by atoms with Gasteiger partial charge in [0.15, 0.2) is 0 Å². The van der Waals surface area contributed by atoms with Gasteiger partial charge in [-0.3, -0.25) is 9.59 Å². The van der Waals surface area contributed by atoms with Crippen LogP contribution in [0.3, 0.4) is 0 Å². The lowest BCUT2D eigenvalue weighted by atomic mass is 10.0. The molecule has 5 heteroatoms. The predicted molar refractivity (Wildman–Crippen MR) is 100 cm³/mol. The molecule has 1 amide bonds. The maximum atomic E-state index is 12.5. The van der Waals surface area contributed by atoms with Gasteiger partial charge in [-0.1, -0.05) is 65.7 Å². The smallest absolute Gasteiger partial charge is 0.328 e. The maximum absolute atomic E-state index is 12.5. The molecule has 25 heavy (non-hydrogen) atoms. The number of carbonyl (C=O) groups excluding carboxylic acids is 3. The summed E-state index contributed by atoms with van der Waals surface area (Å²) in [4.78, 5) is 37.5. The van der Waals surface area contributed by atoms with Crippen LogP contribution in [0.1, 0.15) is 85.5 Å². The fraction of sp³-hybridized carbons (Fsp3) is 0.850. The van der Waals surface area contributed by atoms with Crippen LogP contribution in [0.25, 0.3) is 0 Å². The summed E-state index contributed by atoms with van der Waals surface area (Å²) in [7, 11) is 1.33. The molecule has 0 aromatic heterocycles. The summed E-state index contributed by atoms with van der Waals surface area (Å²) in [5.41, 5.74) is 0. The second-order valence-corrected chi connectivity index (χ2v) is 7.15. The van der Waals surface area contributed by atoms with E-state index in [-0.39, 0.29) is 24.0 Å². The largest absolute Gasteiger partial charge is 0.467 e. The molecule has 0 rings (SSSR count). The van der Waals surface area contributed by atoms with E-state index in [0.717, 1.165) is 19.3 Å². The van der Waals surface area contributed by atoms with Gasteiger partial charge in [0, 0.05) is 6.54 Å². The first-order chi connectivity index (χ1) is 11.8. The SMILES string of the molecule is CCCCCCCCCCN(C(=O)CC(C)=O)[C@H](C(=O)OC)C(C)C. The van der Waals surface area contributed by atoms with Crippen LogP contribution in [0.2, 0.25) is 0 Å². The van der Waals surface area contributed by atoms with E-state index in [1.54, 1.807) is 4.90 Å². The van der Waals surface area contributed by atoms with E-state index in [0.29, 0.717) is 6.54 Å². The van der Waals surface area contributed by atoms with E-state index in [4.69, 9.17) is 4.74 Å². The van der Waals surface area contributed by atoms with Crippen molar-refractivity contribution in [3.8, 4) is 0 Å². The van der Waals surface area contributed by atoms with Crippen LogP contribution in [0.5, 0.6) is 0 Å². The van der Waals surface area contributed by atoms with Gasteiger partial charge in [-0.05, 0) is 19.3 Å². The molecule has 0 saturated heterocycles. The lowest BCUT2D eigenvalue weighted by Gasteiger charge is -2.32. The summed E-state index contributed by atoms with van der Waals surface area (Å²) in [6, 6.07) is -0.624. The number of hydrogen-bond acceptors (Lipinski definition) is 4. The molecule has 5 nitrogen and oxygen atoms in total. The summed E-state index contributed by atoms with van der Waals surface area (Å²) in [5, 5.41) is 0. The van der Waals surface area contributed by atoms with Crippen LogP contribution in [0.4, 0.5) is 0 Å². The molecular weight excluding hydrogens is 318 g/mol. The first-order valence-electron chi connectivity index (χ1n) is 9.71. The summed E-state index contributed by atoms with van der Waals surface area (Å²) in [5.74, 6) is -0.929. The standard InChI is InChI=1S/C20H37NO4/c1-6-7-8-9-10-11-12-13-14-21(18(23)15-17(4)22)19(16(2)3)20(24)25-5/h16,19H,6-15H2,1-5H3/t19-/m0/s1. The van der Waals surface area contributed by atoms with Gasteiger partial charge in [-0.2, -0.15) is 0 Å². The number of methoxy groups -OCH3 is 1. The van der Waals surface area contributed by atoms with Crippen molar-refractivity contribution in [2.75, 3.05) is 13.7 Å². The van der Waals surface area contributed by atoms with Crippen molar-refractivity contribution in [2.45, 2.75) is 91.5 Å². The number of ether oxygens (including phenoxy) is 1. The Balaban J connectivity index is 4.61. The normalized spacial score (nSPS) is 12.1. The Morgan fingerprint density at radius 3 is 1.88 bits per heavy atom. The number of hydrogen-bond donors (Lipinski definition) is 0. The van der Waals surface area contributed by atoms with Gasteiger partial charge >= 0.3 is 5.97 Å². The maximum Gasteiger partial charge on any atom is 0.328 e. The zero-order chi connectivity index (χ0) is 19.2. The lowest BCUT2D eigenvalue weighted by Crippen LogP contribution is -2.49. The third-order valence-electron chi connectivity index (χ3n) is 4.38. The Hall–Kier alpha value is -1.39. The Kier molecular flexibility index (Phi) is 13.1. The molecule has 0 spiro atoms. The molecule has 1 atom stereocenters. The molecule has 0 aliphatic rings. The summed E-state index contributed by atoms with van der Waals surface area (Å²) < 4.78 is 4.87. The molecule has 0 saturated carbocycles. The average molecular weight is 356 g/mol. The van der Waals surface area contributed by atoms with E-state index >= 15 is 0 Å². The molecule has 0 radical (unpaired) electrons. The van der Waals surface area contributed by atoms with E-state index in [9.17, 15) is 14.4 Å². The van der Waals surface area contributed by atoms with Crippen molar-refractivity contribution >= 4 is 17.7 Å². The van der Waals surface area contributed by atoms with Crippen LogP contribution in [0.15, 0.2) is 0 Å². The number of unbranched alkanes of at least 4 members (excludes halogenated alkanes) is 7. The molecule has 0 heterocycles. The molecule has 0 unspecified atom stereocenters. The summed E-state index contributed by atoms with van der Waals surface area (Å²) in [6.07, 6.45) is 9.17. The first-order valence-corrected chi connectivity index (χ1v) is 9.71. The van der Waals surface area contributed by atoms with Gasteiger partial charge in [-0.25, -0.2) is 4.79 Å². The van der Waals surface area contributed by atoms with Crippen LogP contribution < -0.4 is 0 Å². The zero-order valence-corrected chi connectivity index (χ0v) is 16.8. The minimum absolute atomic E-state index is 0.0580. The fourth-order valence-corrected chi connectivity index (χ4v) is 3.03. The van der Waals surface area contributed by atoms with Crippen molar-refractivity contribution in [1.29, 1.82) is 0 Å². The zero-order valence-electron chi connectivity index (χ0n) is 16.8. The minimum atomic E-state index is -0.624. The van der Waals surface area contributed by atoms with E-state index in [1.807, 2.05) is 13.8 Å². The van der Waals surface area contributed by atoms with Crippen LogP contribution >= 0.6 is 0 Å². The summed E-state index contributed by atoms with van der Waals surface area (Å²) in [6.45, 7) is 7.89. The molecular formula is C20H37NO4. The van der Waals surface area contributed by atoms with Gasteiger partial charge in [0.25, 0.3) is 0 Å². The molecule has 146 valence electrons. The monoisotopic (exact) mass is 355 g/mol. The van der Waals surface area contributed by atoms with Crippen molar-refractivity contribution in [3.63, 3.8) is 0 Å². The molecule has 0 aromatic carbocycles. The number of carbonyl (C=O) groups is 3. The van der Waals surface area contributed by atoms with E-state index in [1.165, 1.54) is 46.1 Å². The van der Waals surface area contributed by atoms with Crippen molar-refractivity contribution < 1.29 is 19.1 Å². The van der Waals surface area contributed by atoms with Gasteiger partial charge in [0.1, 0.15) is 11.8 Å². The Labute approximate surface area is 153 Å². The van der Waals surface area contributed by atoms with Crippen molar-refractivity contribution in [1.82, 2.24) is 4.90 Å². The molecule has 0 fully saturated rings. The number of rotatable bonds is 14. The van der Waals surface area contributed by atoms with Crippen LogP contribution in [-0.2, 0) is 19.1 Å². The highest BCUT2D eigenvalue weighted by Crippen LogP contribution is 2.17. The average Bonchev–Trinajstić information content (AvgIpc) is 2.54. The quantitative estimate of drug-likeness (QED) is 0.267. The number of Topliss-reactive ketones (excluding diaryl/α,β-unsaturated/α-hetero) is 1. The topological polar surface area (TPSA) is 63.7 Å². The highest BCUT2D eigenvalue weighted by molar-refractivity contribution is 5.98. The van der Waals surface area contributed by atoms with Gasteiger partial charge < -0.3 is 9.64 Å². The lowest BCUT2D eigenvalue weighted by molar-refractivity contribution is -0.155. The third kappa shape index (κ3) is 10.3. The minimum Gasteiger partial charge on any atom is -0.467 e. The Bertz CT molecular complexity index is 407. The third-order valence-corrected chi connectivity index (χ3v) is 4.38. The number of esters is 1. The molecule has 0 aromatic rings. The van der Waals surface area contributed by atoms with Crippen molar-refractivity contribution in [3.05, 3.63) is 0 Å². The number of nitrogens with zero attached hydrogens (tertiary/aromatic N) is 1. The van der Waals surface area contributed by atoms with Crippen LogP contribution in [0, 0.1) is 5.92 Å². The van der Waals surface area contributed by atoms with Gasteiger partial charge in [-0.15, -0.1) is 0 Å². The second kappa shape index (κ2) is 13.9. The molecule has 0 N–H and O–H groups in total. The van der Waals surface area contributed by atoms with Crippen molar-refractivity contribution in [2.24, 2.45) is 5.92 Å². The summed E-state index contributed by atoms with van der Waals surface area (Å²) >= 11 is 0. The molecule has 0 aliphatic carbocycles. The first kappa shape index (κ1) is 23.6. The highest BCUT2D eigenvalue weighted by atomic mass is 16.5.